The first-order valence-corrected chi connectivity index (χ1v) is 9.34. The first-order chi connectivity index (χ1) is 11.9. The normalized spacial score (nSPS) is 10.4. The molecule has 0 aliphatic carbocycles. The number of nitrogens with one attached hydrogen (secondary N) is 1. The van der Waals surface area contributed by atoms with Crippen LogP contribution in [-0.4, -0.2) is 24.2 Å². The largest absolute Gasteiger partial charge is 0.455 e. The first-order valence-electron chi connectivity index (χ1n) is 6.84. The SMILES string of the molecule is O=C(COC(=O)CSc1ccccc1Cl)Nc1c(Cl)cc(Cl)cc1Cl. The molecule has 0 aromatic heterocycles. The van der Waals surface area contributed by atoms with Crippen molar-refractivity contribution in [1.82, 2.24) is 0 Å². The molecule has 0 saturated carbocycles. The van der Waals surface area contributed by atoms with Gasteiger partial charge in [0.2, 0.25) is 0 Å². The lowest BCUT2D eigenvalue weighted by atomic mass is 10.3. The lowest BCUT2D eigenvalue weighted by molar-refractivity contribution is -0.144. The molecule has 0 radical (unpaired) electrons. The monoisotopic (exact) mass is 437 g/mol. The van der Waals surface area contributed by atoms with E-state index in [4.69, 9.17) is 51.1 Å². The molecule has 2 aromatic carbocycles. The quantitative estimate of drug-likeness (QED) is 0.472. The van der Waals surface area contributed by atoms with Crippen LogP contribution in [0.5, 0.6) is 0 Å². The predicted octanol–water partition coefficient (Wildman–Crippen LogP) is 5.57. The molecule has 1 amide bonds. The van der Waals surface area contributed by atoms with Gasteiger partial charge in [0.1, 0.15) is 0 Å². The average molecular weight is 439 g/mol. The van der Waals surface area contributed by atoms with Gasteiger partial charge in [-0.1, -0.05) is 58.5 Å². The number of anilines is 1. The maximum Gasteiger partial charge on any atom is 0.316 e. The van der Waals surface area contributed by atoms with Gasteiger partial charge in [0.05, 0.1) is 26.5 Å². The Balaban J connectivity index is 1.82. The maximum atomic E-state index is 11.9. The van der Waals surface area contributed by atoms with Crippen molar-refractivity contribution in [3.63, 3.8) is 0 Å². The highest BCUT2D eigenvalue weighted by atomic mass is 35.5. The third-order valence-electron chi connectivity index (χ3n) is 2.82. The molecule has 0 atom stereocenters. The molecule has 2 aromatic rings. The van der Waals surface area contributed by atoms with Gasteiger partial charge in [0.25, 0.3) is 5.91 Å². The van der Waals surface area contributed by atoms with E-state index < -0.39 is 18.5 Å². The zero-order valence-corrected chi connectivity index (χ0v) is 16.4. The van der Waals surface area contributed by atoms with Gasteiger partial charge in [0, 0.05) is 9.92 Å². The number of amides is 1. The molecule has 25 heavy (non-hydrogen) atoms. The Hall–Kier alpha value is -1.11. The summed E-state index contributed by atoms with van der Waals surface area (Å²) in [4.78, 5) is 24.4. The van der Waals surface area contributed by atoms with Crippen molar-refractivity contribution in [2.24, 2.45) is 0 Å². The van der Waals surface area contributed by atoms with E-state index in [0.717, 1.165) is 4.90 Å². The van der Waals surface area contributed by atoms with Gasteiger partial charge in [0.15, 0.2) is 6.61 Å². The number of carbonyl (C=O) groups is 2. The first kappa shape index (κ1) is 20.2. The lowest BCUT2D eigenvalue weighted by Gasteiger charge is -2.10. The summed E-state index contributed by atoms with van der Waals surface area (Å²) in [6.07, 6.45) is 0. The summed E-state index contributed by atoms with van der Waals surface area (Å²) < 4.78 is 4.91. The summed E-state index contributed by atoms with van der Waals surface area (Å²) in [5.74, 6) is -1.09. The summed E-state index contributed by atoms with van der Waals surface area (Å²) in [6, 6.07) is 10.0. The van der Waals surface area contributed by atoms with E-state index in [-0.39, 0.29) is 21.5 Å². The van der Waals surface area contributed by atoms with Crippen LogP contribution in [0.2, 0.25) is 20.1 Å². The van der Waals surface area contributed by atoms with Crippen molar-refractivity contribution in [1.29, 1.82) is 0 Å². The van der Waals surface area contributed by atoms with E-state index in [0.29, 0.717) is 10.0 Å². The number of halogens is 4. The zero-order chi connectivity index (χ0) is 18.4. The summed E-state index contributed by atoms with van der Waals surface area (Å²) in [5.41, 5.74) is 0.208. The molecular weight excluding hydrogens is 428 g/mol. The van der Waals surface area contributed by atoms with Crippen LogP contribution in [0.1, 0.15) is 0 Å². The lowest BCUT2D eigenvalue weighted by Crippen LogP contribution is -2.22. The molecule has 0 bridgehead atoms. The molecule has 0 aliphatic heterocycles. The molecule has 9 heteroatoms. The van der Waals surface area contributed by atoms with Crippen molar-refractivity contribution >= 4 is 75.7 Å². The molecule has 0 aliphatic rings. The fourth-order valence-electron chi connectivity index (χ4n) is 1.72. The number of hydrogen-bond donors (Lipinski definition) is 1. The molecule has 0 spiro atoms. The van der Waals surface area contributed by atoms with Crippen molar-refractivity contribution in [2.75, 3.05) is 17.7 Å². The second kappa shape index (κ2) is 9.55. The second-order valence-electron chi connectivity index (χ2n) is 4.67. The number of hydrogen-bond acceptors (Lipinski definition) is 4. The average Bonchev–Trinajstić information content (AvgIpc) is 2.55. The fraction of sp³-hybridized carbons (Fsp3) is 0.125. The van der Waals surface area contributed by atoms with Gasteiger partial charge in [-0.05, 0) is 24.3 Å². The van der Waals surface area contributed by atoms with Gasteiger partial charge in [-0.3, -0.25) is 9.59 Å². The molecule has 0 fully saturated rings. The van der Waals surface area contributed by atoms with Crippen LogP contribution >= 0.6 is 58.2 Å². The molecule has 0 unspecified atom stereocenters. The predicted molar refractivity (Wildman–Crippen MR) is 103 cm³/mol. The fourth-order valence-corrected chi connectivity index (χ4v) is 3.67. The maximum absolute atomic E-state index is 11.9. The Kier molecular flexibility index (Phi) is 7.72. The van der Waals surface area contributed by atoms with Crippen LogP contribution in [0, 0.1) is 0 Å². The van der Waals surface area contributed by atoms with Crippen LogP contribution in [0.25, 0.3) is 0 Å². The summed E-state index contributed by atoms with van der Waals surface area (Å²) >= 11 is 24.9. The van der Waals surface area contributed by atoms with E-state index >= 15 is 0 Å². The third-order valence-corrected chi connectivity index (χ3v) is 5.12. The summed E-state index contributed by atoms with van der Waals surface area (Å²) in [6.45, 7) is -0.461. The van der Waals surface area contributed by atoms with Crippen molar-refractivity contribution in [3.05, 3.63) is 56.5 Å². The standard InChI is InChI=1S/C16H11Cl4NO3S/c17-9-5-11(19)16(12(20)6-9)21-14(22)7-24-15(23)8-25-13-4-2-1-3-10(13)18/h1-6H,7-8H2,(H,21,22). The molecule has 132 valence electrons. The molecule has 1 N–H and O–H groups in total. The summed E-state index contributed by atoms with van der Waals surface area (Å²) in [5, 5.41) is 3.74. The smallest absolute Gasteiger partial charge is 0.316 e. The van der Waals surface area contributed by atoms with E-state index in [1.165, 1.54) is 23.9 Å². The summed E-state index contributed by atoms with van der Waals surface area (Å²) in [7, 11) is 0. The van der Waals surface area contributed by atoms with Crippen LogP contribution in [-0.2, 0) is 14.3 Å². The number of ether oxygens (including phenoxy) is 1. The van der Waals surface area contributed by atoms with Gasteiger partial charge in [-0.15, -0.1) is 11.8 Å². The van der Waals surface area contributed by atoms with Gasteiger partial charge in [-0.2, -0.15) is 0 Å². The third kappa shape index (κ3) is 6.28. The van der Waals surface area contributed by atoms with Gasteiger partial charge in [-0.25, -0.2) is 0 Å². The van der Waals surface area contributed by atoms with Crippen molar-refractivity contribution in [3.8, 4) is 0 Å². The van der Waals surface area contributed by atoms with Crippen molar-refractivity contribution in [2.45, 2.75) is 4.90 Å². The van der Waals surface area contributed by atoms with E-state index in [2.05, 4.69) is 5.32 Å². The number of thioether (sulfide) groups is 1. The van der Waals surface area contributed by atoms with E-state index in [9.17, 15) is 9.59 Å². The van der Waals surface area contributed by atoms with Gasteiger partial charge < -0.3 is 10.1 Å². The highest BCUT2D eigenvalue weighted by molar-refractivity contribution is 8.00. The zero-order valence-electron chi connectivity index (χ0n) is 12.5. The topological polar surface area (TPSA) is 55.4 Å². The molecule has 0 saturated heterocycles. The highest BCUT2D eigenvalue weighted by Crippen LogP contribution is 2.33. The van der Waals surface area contributed by atoms with E-state index in [1.54, 1.807) is 18.2 Å². The molecular formula is C16H11Cl4NO3S. The van der Waals surface area contributed by atoms with Crippen LogP contribution in [0.4, 0.5) is 5.69 Å². The highest BCUT2D eigenvalue weighted by Gasteiger charge is 2.13. The van der Waals surface area contributed by atoms with E-state index in [1.807, 2.05) is 6.07 Å². The Bertz CT molecular complexity index is 778. The van der Waals surface area contributed by atoms with Crippen LogP contribution in [0.3, 0.4) is 0 Å². The van der Waals surface area contributed by atoms with Crippen LogP contribution in [0.15, 0.2) is 41.3 Å². The number of benzene rings is 2. The minimum absolute atomic E-state index is 0.0273. The van der Waals surface area contributed by atoms with Crippen molar-refractivity contribution < 1.29 is 14.3 Å². The minimum Gasteiger partial charge on any atom is -0.455 e. The Morgan fingerprint density at radius 2 is 1.64 bits per heavy atom. The Labute approximate surface area is 168 Å². The minimum atomic E-state index is -0.567. The number of rotatable bonds is 6. The second-order valence-corrected chi connectivity index (χ2v) is 7.35. The van der Waals surface area contributed by atoms with Crippen LogP contribution < -0.4 is 5.32 Å². The number of esters is 1. The molecule has 4 nitrogen and oxygen atoms in total. The van der Waals surface area contributed by atoms with Gasteiger partial charge >= 0.3 is 5.97 Å². The Morgan fingerprint density at radius 1 is 1.00 bits per heavy atom. The Morgan fingerprint density at radius 3 is 2.28 bits per heavy atom. The molecule has 2 rings (SSSR count). The number of carbonyl (C=O) groups excluding carboxylic acids is 2. The molecule has 0 heterocycles.